The third-order valence-electron chi connectivity index (χ3n) is 9.88. The van der Waals surface area contributed by atoms with E-state index in [0.29, 0.717) is 5.56 Å². The van der Waals surface area contributed by atoms with Crippen molar-refractivity contribution in [2.75, 3.05) is 4.90 Å². The van der Waals surface area contributed by atoms with Gasteiger partial charge in [-0.05, 0) is 59.9 Å². The van der Waals surface area contributed by atoms with Crippen molar-refractivity contribution in [3.63, 3.8) is 0 Å². The van der Waals surface area contributed by atoms with E-state index in [0.717, 1.165) is 18.5 Å². The number of nitrogens with zero attached hydrogens (tertiary/aromatic N) is 3. The summed E-state index contributed by atoms with van der Waals surface area (Å²) in [6.07, 6.45) is 13.4. The van der Waals surface area contributed by atoms with Crippen LogP contribution in [0.5, 0.6) is 0 Å². The minimum atomic E-state index is 0.114. The highest BCUT2D eigenvalue weighted by Crippen LogP contribution is 2.52. The number of aromatic nitrogens is 1. The molecule has 0 saturated heterocycles. The van der Waals surface area contributed by atoms with Crippen LogP contribution >= 0.6 is 0 Å². The number of para-hydroxylation sites is 4. The Hall–Kier alpha value is -5.85. The van der Waals surface area contributed by atoms with E-state index in [1.807, 2.05) is 18.2 Å². The molecule has 46 heavy (non-hydrogen) atoms. The minimum absolute atomic E-state index is 0.114. The van der Waals surface area contributed by atoms with Crippen LogP contribution < -0.4 is 4.90 Å². The van der Waals surface area contributed by atoms with Gasteiger partial charge in [0.1, 0.15) is 6.07 Å². The molecular formula is C43H31N3. The fourth-order valence-corrected chi connectivity index (χ4v) is 8.01. The highest BCUT2D eigenvalue weighted by molar-refractivity contribution is 6.03. The zero-order valence-corrected chi connectivity index (χ0v) is 25.3. The Morgan fingerprint density at radius 3 is 2.30 bits per heavy atom. The van der Waals surface area contributed by atoms with Crippen molar-refractivity contribution in [2.24, 2.45) is 0 Å². The lowest BCUT2D eigenvalue weighted by Gasteiger charge is -2.35. The zero-order chi connectivity index (χ0) is 30.6. The van der Waals surface area contributed by atoms with Crippen LogP contribution in [0.15, 0.2) is 146 Å². The van der Waals surface area contributed by atoms with Crippen molar-refractivity contribution in [1.82, 2.24) is 4.57 Å². The molecule has 3 heteroatoms. The Labute approximate surface area is 269 Å². The molecule has 2 unspecified atom stereocenters. The molecule has 1 aliphatic heterocycles. The van der Waals surface area contributed by atoms with Crippen LogP contribution in [0.2, 0.25) is 0 Å². The van der Waals surface area contributed by atoms with Crippen molar-refractivity contribution in [3.05, 3.63) is 174 Å². The molecule has 0 saturated carbocycles. The summed E-state index contributed by atoms with van der Waals surface area (Å²) in [5.41, 5.74) is 14.1. The Bertz CT molecular complexity index is 2290. The van der Waals surface area contributed by atoms with Gasteiger partial charge in [0.2, 0.25) is 0 Å². The lowest BCUT2D eigenvalue weighted by molar-refractivity contribution is 0.725. The van der Waals surface area contributed by atoms with Crippen LogP contribution in [-0.2, 0) is 6.42 Å². The summed E-state index contributed by atoms with van der Waals surface area (Å²) in [7, 11) is 0. The number of rotatable bonds is 4. The molecule has 6 aromatic rings. The molecule has 2 heterocycles. The van der Waals surface area contributed by atoms with E-state index in [1.54, 1.807) is 0 Å². The number of nitriles is 1. The van der Waals surface area contributed by atoms with Crippen molar-refractivity contribution < 1.29 is 0 Å². The molecule has 3 aliphatic rings. The fraction of sp³-hybridized carbons (Fsp3) is 0.0930. The van der Waals surface area contributed by atoms with Gasteiger partial charge in [-0.15, -0.1) is 0 Å². The second kappa shape index (κ2) is 10.6. The molecule has 5 aromatic carbocycles. The second-order valence-corrected chi connectivity index (χ2v) is 12.3. The van der Waals surface area contributed by atoms with Crippen LogP contribution in [0.1, 0.15) is 40.3 Å². The number of allylic oxidation sites excluding steroid dienone is 3. The number of hydrogen-bond donors (Lipinski definition) is 0. The maximum Gasteiger partial charge on any atom is 0.101 e. The molecular weight excluding hydrogens is 558 g/mol. The van der Waals surface area contributed by atoms with E-state index in [1.165, 1.54) is 61.4 Å². The van der Waals surface area contributed by atoms with Gasteiger partial charge in [0.25, 0.3) is 0 Å². The predicted molar refractivity (Wildman–Crippen MR) is 189 cm³/mol. The van der Waals surface area contributed by atoms with Crippen molar-refractivity contribution >= 4 is 33.9 Å². The van der Waals surface area contributed by atoms with E-state index < -0.39 is 0 Å². The van der Waals surface area contributed by atoms with Crippen molar-refractivity contribution in [3.8, 4) is 22.9 Å². The summed E-state index contributed by atoms with van der Waals surface area (Å²) in [6, 6.07) is 45.9. The molecule has 0 fully saturated rings. The van der Waals surface area contributed by atoms with E-state index in [4.69, 9.17) is 0 Å². The Balaban J connectivity index is 1.29. The Kier molecular flexibility index (Phi) is 6.14. The number of benzene rings is 5. The van der Waals surface area contributed by atoms with E-state index in [2.05, 4.69) is 149 Å². The average Bonchev–Trinajstić information content (AvgIpc) is 3.65. The van der Waals surface area contributed by atoms with Crippen LogP contribution in [0, 0.1) is 11.3 Å². The van der Waals surface area contributed by atoms with Gasteiger partial charge in [-0.3, -0.25) is 0 Å². The van der Waals surface area contributed by atoms with Gasteiger partial charge in [0.15, 0.2) is 0 Å². The SMILES string of the molecule is N#Cc1ccccc1-n1c2c(c3cccc(-c4ccccc4C4C=CC=C5c6ccccc6N(c6ccccc6)C54)c31)C=CCC2. The van der Waals surface area contributed by atoms with Gasteiger partial charge in [0, 0.05) is 45.1 Å². The predicted octanol–water partition coefficient (Wildman–Crippen LogP) is 10.4. The normalized spacial score (nSPS) is 17.7. The minimum Gasteiger partial charge on any atom is -0.332 e. The lowest BCUT2D eigenvalue weighted by atomic mass is 9.79. The van der Waals surface area contributed by atoms with Crippen LogP contribution in [0.4, 0.5) is 11.4 Å². The van der Waals surface area contributed by atoms with E-state index in [9.17, 15) is 5.26 Å². The van der Waals surface area contributed by atoms with E-state index >= 15 is 0 Å². The third-order valence-corrected chi connectivity index (χ3v) is 9.88. The smallest absolute Gasteiger partial charge is 0.101 e. The van der Waals surface area contributed by atoms with Gasteiger partial charge in [-0.1, -0.05) is 121 Å². The summed E-state index contributed by atoms with van der Waals surface area (Å²) < 4.78 is 2.38. The van der Waals surface area contributed by atoms with Gasteiger partial charge in [-0.25, -0.2) is 0 Å². The van der Waals surface area contributed by atoms with Crippen LogP contribution in [0.3, 0.4) is 0 Å². The first-order valence-corrected chi connectivity index (χ1v) is 16.1. The molecule has 0 amide bonds. The standard InChI is InChI=1S/C43H31N3/c44-28-29-14-4-9-25-39(29)46-41-27-11-8-20-34(41)38-24-13-22-36(43(38)46)32-18-6-5-17-31(32)35-21-12-23-37-33-19-7-10-26-40(33)45(42(35)37)30-15-2-1-3-16-30/h1-10,12-26,35,42H,11,27H2. The summed E-state index contributed by atoms with van der Waals surface area (Å²) in [4.78, 5) is 2.53. The van der Waals surface area contributed by atoms with Gasteiger partial charge in [-0.2, -0.15) is 5.26 Å². The molecule has 0 radical (unpaired) electrons. The monoisotopic (exact) mass is 589 g/mol. The largest absolute Gasteiger partial charge is 0.332 e. The van der Waals surface area contributed by atoms with Crippen LogP contribution in [0.25, 0.3) is 39.4 Å². The fourth-order valence-electron chi connectivity index (χ4n) is 8.01. The zero-order valence-electron chi connectivity index (χ0n) is 25.3. The molecule has 9 rings (SSSR count). The molecule has 2 atom stereocenters. The average molecular weight is 590 g/mol. The number of anilines is 2. The van der Waals surface area contributed by atoms with Crippen LogP contribution in [-0.4, -0.2) is 10.6 Å². The van der Waals surface area contributed by atoms with Crippen molar-refractivity contribution in [2.45, 2.75) is 24.8 Å². The highest BCUT2D eigenvalue weighted by Gasteiger charge is 2.41. The maximum absolute atomic E-state index is 10.2. The lowest BCUT2D eigenvalue weighted by Crippen LogP contribution is -2.33. The number of fused-ring (bicyclic) bond motifs is 6. The Morgan fingerprint density at radius 2 is 1.43 bits per heavy atom. The molecule has 2 aliphatic carbocycles. The summed E-state index contributed by atoms with van der Waals surface area (Å²) in [6.45, 7) is 0. The van der Waals surface area contributed by atoms with Gasteiger partial charge >= 0.3 is 0 Å². The third kappa shape index (κ3) is 3.90. The summed E-state index contributed by atoms with van der Waals surface area (Å²) in [5, 5.41) is 11.4. The maximum atomic E-state index is 10.2. The molecule has 3 nitrogen and oxygen atoms in total. The first-order valence-electron chi connectivity index (χ1n) is 16.1. The topological polar surface area (TPSA) is 32.0 Å². The molecule has 1 aromatic heterocycles. The molecule has 0 spiro atoms. The molecule has 218 valence electrons. The molecule has 0 N–H and O–H groups in total. The second-order valence-electron chi connectivity index (χ2n) is 12.3. The first-order chi connectivity index (χ1) is 22.8. The van der Waals surface area contributed by atoms with Crippen molar-refractivity contribution in [1.29, 1.82) is 5.26 Å². The Morgan fingerprint density at radius 1 is 0.696 bits per heavy atom. The summed E-state index contributed by atoms with van der Waals surface area (Å²) >= 11 is 0. The summed E-state index contributed by atoms with van der Waals surface area (Å²) in [5.74, 6) is 0.114. The quantitative estimate of drug-likeness (QED) is 0.205. The van der Waals surface area contributed by atoms with Gasteiger partial charge in [0.05, 0.1) is 22.8 Å². The number of hydrogen-bond acceptors (Lipinski definition) is 2. The highest BCUT2D eigenvalue weighted by atomic mass is 15.2. The van der Waals surface area contributed by atoms with Gasteiger partial charge < -0.3 is 9.47 Å². The van der Waals surface area contributed by atoms with E-state index in [-0.39, 0.29) is 12.0 Å². The molecule has 0 bridgehead atoms. The first kappa shape index (κ1) is 26.5.